The van der Waals surface area contributed by atoms with Gasteiger partial charge in [-0.25, -0.2) is 0 Å². The summed E-state index contributed by atoms with van der Waals surface area (Å²) >= 11 is 0. The van der Waals surface area contributed by atoms with Crippen molar-refractivity contribution in [2.75, 3.05) is 39.9 Å². The molecule has 84 valence electrons. The minimum absolute atomic E-state index is 0.171. The van der Waals surface area contributed by atoms with Crippen LogP contribution in [0, 0.1) is 0 Å². The number of hydrogen-bond donors (Lipinski definition) is 1. The van der Waals surface area contributed by atoms with Crippen LogP contribution in [0.2, 0.25) is 0 Å². The van der Waals surface area contributed by atoms with Crippen LogP contribution in [0.4, 0.5) is 13.2 Å². The van der Waals surface area contributed by atoms with Crippen molar-refractivity contribution in [3.63, 3.8) is 0 Å². The first kappa shape index (κ1) is 11.7. The highest BCUT2D eigenvalue weighted by Gasteiger charge is 2.34. The molecule has 1 heterocycles. The van der Waals surface area contributed by atoms with Crippen molar-refractivity contribution in [2.45, 2.75) is 12.2 Å². The van der Waals surface area contributed by atoms with Gasteiger partial charge >= 0.3 is 6.18 Å². The Labute approximate surface area is 81.2 Å². The molecule has 0 aromatic carbocycles. The Morgan fingerprint density at radius 2 is 2.21 bits per heavy atom. The van der Waals surface area contributed by atoms with E-state index >= 15 is 0 Å². The van der Waals surface area contributed by atoms with Gasteiger partial charge in [0.1, 0.15) is 0 Å². The Balaban J connectivity index is 2.45. The lowest BCUT2D eigenvalue weighted by molar-refractivity contribution is -0.161. The molecular formula is C8H15F3N2O. The number of nitrogens with one attached hydrogen (secondary N) is 1. The zero-order valence-electron chi connectivity index (χ0n) is 8.10. The first-order valence-corrected chi connectivity index (χ1v) is 4.56. The molecule has 1 N–H and O–H groups in total. The van der Waals surface area contributed by atoms with Gasteiger partial charge in [0.05, 0.1) is 19.8 Å². The van der Waals surface area contributed by atoms with E-state index < -0.39 is 12.7 Å². The van der Waals surface area contributed by atoms with E-state index in [2.05, 4.69) is 5.32 Å². The predicted octanol–water partition coefficient (Wildman–Crippen LogP) is 0.469. The molecule has 1 aliphatic heterocycles. The molecular weight excluding hydrogens is 197 g/mol. The minimum Gasteiger partial charge on any atom is -0.378 e. The molecule has 6 heteroatoms. The van der Waals surface area contributed by atoms with Gasteiger partial charge in [-0.05, 0) is 7.05 Å². The van der Waals surface area contributed by atoms with E-state index in [9.17, 15) is 13.2 Å². The summed E-state index contributed by atoms with van der Waals surface area (Å²) in [7, 11) is 1.72. The molecule has 0 aromatic heterocycles. The van der Waals surface area contributed by atoms with Crippen LogP contribution in [-0.2, 0) is 4.74 Å². The second-order valence-corrected chi connectivity index (χ2v) is 3.37. The number of halogens is 3. The summed E-state index contributed by atoms with van der Waals surface area (Å²) in [4.78, 5) is 1.42. The van der Waals surface area contributed by atoms with Crippen molar-refractivity contribution < 1.29 is 17.9 Å². The second-order valence-electron chi connectivity index (χ2n) is 3.37. The molecule has 0 amide bonds. The maximum Gasteiger partial charge on any atom is 0.401 e. The van der Waals surface area contributed by atoms with Crippen LogP contribution in [0.25, 0.3) is 0 Å². The molecule has 1 aliphatic rings. The largest absolute Gasteiger partial charge is 0.401 e. The van der Waals surface area contributed by atoms with Crippen LogP contribution in [0.1, 0.15) is 0 Å². The molecule has 14 heavy (non-hydrogen) atoms. The van der Waals surface area contributed by atoms with Gasteiger partial charge in [-0.2, -0.15) is 13.2 Å². The van der Waals surface area contributed by atoms with Crippen LogP contribution in [0.3, 0.4) is 0 Å². The van der Waals surface area contributed by atoms with Gasteiger partial charge in [0, 0.05) is 19.1 Å². The molecule has 0 saturated carbocycles. The van der Waals surface area contributed by atoms with E-state index in [4.69, 9.17) is 4.74 Å². The molecule has 1 rings (SSSR count). The highest BCUT2D eigenvalue weighted by atomic mass is 19.4. The van der Waals surface area contributed by atoms with E-state index in [-0.39, 0.29) is 6.04 Å². The third-order valence-electron chi connectivity index (χ3n) is 2.17. The fourth-order valence-corrected chi connectivity index (χ4v) is 1.55. The Bertz CT molecular complexity index is 172. The third-order valence-corrected chi connectivity index (χ3v) is 2.17. The summed E-state index contributed by atoms with van der Waals surface area (Å²) in [6.45, 7) is 0.790. The fraction of sp³-hybridized carbons (Fsp3) is 1.00. The molecule has 0 aliphatic carbocycles. The van der Waals surface area contributed by atoms with Crippen LogP contribution in [0.5, 0.6) is 0 Å². The lowest BCUT2D eigenvalue weighted by Gasteiger charge is -2.35. The molecule has 0 aromatic rings. The standard InChI is InChI=1S/C8H15F3N2O/c1-12-4-7-5-14-3-2-13(7)6-8(9,10)11/h7,12H,2-6H2,1H3. The number of morpholine rings is 1. The van der Waals surface area contributed by atoms with Gasteiger partial charge in [0.25, 0.3) is 0 Å². The van der Waals surface area contributed by atoms with E-state index in [1.54, 1.807) is 7.05 Å². The quantitative estimate of drug-likeness (QED) is 0.736. The summed E-state index contributed by atoms with van der Waals surface area (Å²) < 4.78 is 41.6. The van der Waals surface area contributed by atoms with Crippen molar-refractivity contribution in [3.05, 3.63) is 0 Å². The maximum absolute atomic E-state index is 12.2. The first-order chi connectivity index (χ1) is 6.53. The van der Waals surface area contributed by atoms with Crippen molar-refractivity contribution in [1.29, 1.82) is 0 Å². The molecule has 1 unspecified atom stereocenters. The third kappa shape index (κ3) is 3.81. The van der Waals surface area contributed by atoms with Gasteiger partial charge < -0.3 is 10.1 Å². The van der Waals surface area contributed by atoms with Gasteiger partial charge in [-0.1, -0.05) is 0 Å². The summed E-state index contributed by atoms with van der Waals surface area (Å²) in [5.41, 5.74) is 0. The van der Waals surface area contributed by atoms with E-state index in [1.807, 2.05) is 0 Å². The lowest BCUT2D eigenvalue weighted by atomic mass is 10.2. The molecule has 1 fully saturated rings. The van der Waals surface area contributed by atoms with E-state index in [0.29, 0.717) is 26.3 Å². The summed E-state index contributed by atoms with van der Waals surface area (Å²) in [6, 6.07) is -0.171. The zero-order chi connectivity index (χ0) is 10.6. The van der Waals surface area contributed by atoms with Crippen LogP contribution < -0.4 is 5.32 Å². The minimum atomic E-state index is -4.12. The SMILES string of the molecule is CNCC1COCCN1CC(F)(F)F. The number of ether oxygens (including phenoxy) is 1. The number of rotatable bonds is 3. The summed E-state index contributed by atoms with van der Waals surface area (Å²) in [5.74, 6) is 0. The topological polar surface area (TPSA) is 24.5 Å². The normalized spacial score (nSPS) is 25.3. The molecule has 0 radical (unpaired) electrons. The van der Waals surface area contributed by atoms with Crippen LogP contribution in [-0.4, -0.2) is 57.0 Å². The van der Waals surface area contributed by atoms with Crippen molar-refractivity contribution >= 4 is 0 Å². The Hall–Kier alpha value is -0.330. The number of likely N-dealkylation sites (N-methyl/N-ethyl adjacent to an activating group) is 1. The van der Waals surface area contributed by atoms with E-state index in [1.165, 1.54) is 4.90 Å². The average Bonchev–Trinajstić information content (AvgIpc) is 2.06. The molecule has 1 atom stereocenters. The maximum atomic E-state index is 12.2. The number of alkyl halides is 3. The summed E-state index contributed by atoms with van der Waals surface area (Å²) in [5, 5.41) is 2.86. The fourth-order valence-electron chi connectivity index (χ4n) is 1.55. The predicted molar refractivity (Wildman–Crippen MR) is 46.2 cm³/mol. The smallest absolute Gasteiger partial charge is 0.378 e. The monoisotopic (exact) mass is 212 g/mol. The molecule has 0 bridgehead atoms. The van der Waals surface area contributed by atoms with Crippen molar-refractivity contribution in [3.8, 4) is 0 Å². The highest BCUT2D eigenvalue weighted by molar-refractivity contribution is 4.78. The van der Waals surface area contributed by atoms with E-state index in [0.717, 1.165) is 0 Å². The molecule has 1 saturated heterocycles. The number of hydrogen-bond acceptors (Lipinski definition) is 3. The van der Waals surface area contributed by atoms with Crippen LogP contribution in [0.15, 0.2) is 0 Å². The van der Waals surface area contributed by atoms with Crippen LogP contribution >= 0.6 is 0 Å². The molecule has 0 spiro atoms. The Kier molecular flexibility index (Phi) is 4.15. The number of nitrogens with zero attached hydrogens (tertiary/aromatic N) is 1. The second kappa shape index (κ2) is 4.95. The van der Waals surface area contributed by atoms with Crippen molar-refractivity contribution in [2.24, 2.45) is 0 Å². The van der Waals surface area contributed by atoms with Gasteiger partial charge in [0.2, 0.25) is 0 Å². The Morgan fingerprint density at radius 1 is 1.50 bits per heavy atom. The van der Waals surface area contributed by atoms with Gasteiger partial charge in [0.15, 0.2) is 0 Å². The summed E-state index contributed by atoms with van der Waals surface area (Å²) in [6.07, 6.45) is -4.12. The molecule has 3 nitrogen and oxygen atoms in total. The first-order valence-electron chi connectivity index (χ1n) is 4.56. The average molecular weight is 212 g/mol. The Morgan fingerprint density at radius 3 is 2.79 bits per heavy atom. The van der Waals surface area contributed by atoms with Crippen molar-refractivity contribution in [1.82, 2.24) is 10.2 Å². The zero-order valence-corrected chi connectivity index (χ0v) is 8.10. The van der Waals surface area contributed by atoms with Gasteiger partial charge in [-0.15, -0.1) is 0 Å². The lowest BCUT2D eigenvalue weighted by Crippen LogP contribution is -2.52. The van der Waals surface area contributed by atoms with Gasteiger partial charge in [-0.3, -0.25) is 4.90 Å². The highest BCUT2D eigenvalue weighted by Crippen LogP contribution is 2.19.